The fraction of sp³-hybridized carbons (Fsp3) is 0.316. The number of nitrogens with zero attached hydrogens (tertiary/aromatic N) is 2. The fourth-order valence-corrected chi connectivity index (χ4v) is 3.77. The third kappa shape index (κ3) is 4.97. The van der Waals surface area contributed by atoms with Gasteiger partial charge in [0.05, 0.1) is 29.7 Å². The minimum absolute atomic E-state index is 0.109. The van der Waals surface area contributed by atoms with Gasteiger partial charge in [-0.3, -0.25) is 4.31 Å². The summed E-state index contributed by atoms with van der Waals surface area (Å²) in [4.78, 5) is 0.178. The molecule has 0 amide bonds. The van der Waals surface area contributed by atoms with Gasteiger partial charge in [-0.15, -0.1) is 0 Å². The molecule has 0 aliphatic rings. The van der Waals surface area contributed by atoms with Crippen LogP contribution in [0, 0.1) is 11.3 Å². The fourth-order valence-electron chi connectivity index (χ4n) is 2.30. The van der Waals surface area contributed by atoms with E-state index in [2.05, 4.69) is 6.92 Å². The number of anilines is 1. The lowest BCUT2D eigenvalue weighted by Crippen LogP contribution is -2.31. The quantitative estimate of drug-likeness (QED) is 0.636. The zero-order valence-electron chi connectivity index (χ0n) is 14.3. The Hall–Kier alpha value is -2.52. The van der Waals surface area contributed by atoms with Gasteiger partial charge in [0, 0.05) is 6.54 Å². The third-order valence-corrected chi connectivity index (χ3v) is 5.49. The Morgan fingerprint density at radius 2 is 1.76 bits per heavy atom. The Morgan fingerprint density at radius 3 is 2.36 bits per heavy atom. The number of rotatable bonds is 9. The van der Waals surface area contributed by atoms with Gasteiger partial charge in [-0.25, -0.2) is 8.42 Å². The molecule has 0 radical (unpaired) electrons. The Morgan fingerprint density at radius 1 is 1.08 bits per heavy atom. The van der Waals surface area contributed by atoms with E-state index >= 15 is 0 Å². The van der Waals surface area contributed by atoms with Crippen LogP contribution in [0.3, 0.4) is 0 Å². The summed E-state index contributed by atoms with van der Waals surface area (Å²) < 4.78 is 32.8. The van der Waals surface area contributed by atoms with E-state index in [1.54, 1.807) is 48.5 Å². The number of unbranched alkanes of at least 4 members (excludes halogenated alkanes) is 1. The van der Waals surface area contributed by atoms with Crippen molar-refractivity contribution in [1.82, 2.24) is 0 Å². The van der Waals surface area contributed by atoms with Crippen molar-refractivity contribution in [3.8, 4) is 11.8 Å². The van der Waals surface area contributed by atoms with Crippen LogP contribution >= 0.6 is 0 Å². The van der Waals surface area contributed by atoms with Crippen molar-refractivity contribution in [1.29, 1.82) is 5.26 Å². The van der Waals surface area contributed by atoms with Crippen molar-refractivity contribution in [2.75, 3.05) is 17.5 Å². The Labute approximate surface area is 149 Å². The standard InChI is InChI=1S/C19H22N2O3S/c1-2-3-16-24-18-10-12-19(13-11-18)25(22,23)21(15-7-14-20)17-8-5-4-6-9-17/h4-6,8-13H,2-3,7,15-16H2,1H3. The maximum absolute atomic E-state index is 13.0. The molecule has 25 heavy (non-hydrogen) atoms. The van der Waals surface area contributed by atoms with Gasteiger partial charge >= 0.3 is 0 Å². The van der Waals surface area contributed by atoms with Gasteiger partial charge < -0.3 is 4.74 Å². The first kappa shape index (κ1) is 18.8. The summed E-state index contributed by atoms with van der Waals surface area (Å²) in [6.07, 6.45) is 2.11. The monoisotopic (exact) mass is 358 g/mol. The highest BCUT2D eigenvalue weighted by molar-refractivity contribution is 7.92. The topological polar surface area (TPSA) is 70.4 Å². The zero-order valence-corrected chi connectivity index (χ0v) is 15.1. The van der Waals surface area contributed by atoms with E-state index in [0.717, 1.165) is 12.8 Å². The van der Waals surface area contributed by atoms with Crippen LogP contribution in [0.5, 0.6) is 5.75 Å². The molecular weight excluding hydrogens is 336 g/mol. The van der Waals surface area contributed by atoms with Crippen LogP contribution in [0.15, 0.2) is 59.5 Å². The molecule has 0 saturated heterocycles. The lowest BCUT2D eigenvalue weighted by Gasteiger charge is -2.23. The van der Waals surface area contributed by atoms with Gasteiger partial charge in [-0.2, -0.15) is 5.26 Å². The van der Waals surface area contributed by atoms with Crippen LogP contribution in [0.1, 0.15) is 26.2 Å². The number of hydrogen-bond donors (Lipinski definition) is 0. The molecule has 0 atom stereocenters. The minimum Gasteiger partial charge on any atom is -0.494 e. The normalized spacial score (nSPS) is 10.9. The molecule has 2 aromatic rings. The van der Waals surface area contributed by atoms with E-state index in [4.69, 9.17) is 10.00 Å². The highest BCUT2D eigenvalue weighted by Crippen LogP contribution is 2.25. The van der Waals surface area contributed by atoms with E-state index < -0.39 is 10.0 Å². The molecule has 2 rings (SSSR count). The van der Waals surface area contributed by atoms with E-state index in [1.165, 1.54) is 4.31 Å². The number of para-hydroxylation sites is 1. The summed E-state index contributed by atoms with van der Waals surface area (Å²) >= 11 is 0. The maximum atomic E-state index is 13.0. The molecule has 132 valence electrons. The predicted molar refractivity (Wildman–Crippen MR) is 98.0 cm³/mol. The van der Waals surface area contributed by atoms with Crippen molar-refractivity contribution in [3.05, 3.63) is 54.6 Å². The molecule has 5 nitrogen and oxygen atoms in total. The molecule has 0 saturated carbocycles. The van der Waals surface area contributed by atoms with E-state index in [1.807, 2.05) is 12.1 Å². The van der Waals surface area contributed by atoms with Crippen LogP contribution < -0.4 is 9.04 Å². The van der Waals surface area contributed by atoms with Crippen molar-refractivity contribution in [2.24, 2.45) is 0 Å². The highest BCUT2D eigenvalue weighted by Gasteiger charge is 2.24. The smallest absolute Gasteiger partial charge is 0.264 e. The molecule has 0 fully saturated rings. The number of nitriles is 1. The molecule has 0 spiro atoms. The first-order valence-corrected chi connectivity index (χ1v) is 9.71. The first-order chi connectivity index (χ1) is 12.1. The summed E-state index contributed by atoms with van der Waals surface area (Å²) in [5, 5.41) is 8.85. The highest BCUT2D eigenvalue weighted by atomic mass is 32.2. The second kappa shape index (κ2) is 9.09. The van der Waals surface area contributed by atoms with E-state index in [-0.39, 0.29) is 17.9 Å². The van der Waals surface area contributed by atoms with Gasteiger partial charge in [0.15, 0.2) is 0 Å². The third-order valence-electron chi connectivity index (χ3n) is 3.65. The molecule has 0 heterocycles. The van der Waals surface area contributed by atoms with Crippen molar-refractivity contribution >= 4 is 15.7 Å². The second-order valence-electron chi connectivity index (χ2n) is 5.49. The van der Waals surface area contributed by atoms with Gasteiger partial charge in [-0.1, -0.05) is 31.5 Å². The maximum Gasteiger partial charge on any atom is 0.264 e. The second-order valence-corrected chi connectivity index (χ2v) is 7.36. The largest absolute Gasteiger partial charge is 0.494 e. The molecule has 0 aliphatic carbocycles. The van der Waals surface area contributed by atoms with Crippen LogP contribution in [-0.2, 0) is 10.0 Å². The van der Waals surface area contributed by atoms with E-state index in [9.17, 15) is 8.42 Å². The molecule has 0 aromatic heterocycles. The number of ether oxygens (including phenoxy) is 1. The Bertz CT molecular complexity index is 797. The molecule has 0 unspecified atom stereocenters. The summed E-state index contributed by atoms with van der Waals surface area (Å²) in [7, 11) is -3.74. The Kier molecular flexibility index (Phi) is 6.84. The number of sulfonamides is 1. The van der Waals surface area contributed by atoms with Crippen LogP contribution in [0.25, 0.3) is 0 Å². The summed E-state index contributed by atoms with van der Waals surface area (Å²) in [5.41, 5.74) is 0.543. The van der Waals surface area contributed by atoms with Crippen LogP contribution in [0.4, 0.5) is 5.69 Å². The summed E-state index contributed by atoms with van der Waals surface area (Å²) in [6, 6.07) is 17.2. The first-order valence-electron chi connectivity index (χ1n) is 8.27. The average molecular weight is 358 g/mol. The number of benzene rings is 2. The Balaban J connectivity index is 2.25. The van der Waals surface area contributed by atoms with Crippen molar-refractivity contribution < 1.29 is 13.2 Å². The van der Waals surface area contributed by atoms with Gasteiger partial charge in [-0.05, 0) is 42.8 Å². The SMILES string of the molecule is CCCCOc1ccc(S(=O)(=O)N(CCC#N)c2ccccc2)cc1. The van der Waals surface area contributed by atoms with Crippen molar-refractivity contribution in [3.63, 3.8) is 0 Å². The summed E-state index contributed by atoms with van der Waals surface area (Å²) in [5.74, 6) is 0.649. The summed E-state index contributed by atoms with van der Waals surface area (Å²) in [6.45, 7) is 2.80. The van der Waals surface area contributed by atoms with Crippen LogP contribution in [-0.4, -0.2) is 21.6 Å². The minimum atomic E-state index is -3.74. The lowest BCUT2D eigenvalue weighted by atomic mass is 10.3. The molecule has 0 aliphatic heterocycles. The van der Waals surface area contributed by atoms with Crippen LogP contribution in [0.2, 0.25) is 0 Å². The van der Waals surface area contributed by atoms with Gasteiger partial charge in [0.1, 0.15) is 5.75 Å². The predicted octanol–water partition coefficient (Wildman–Crippen LogP) is 3.97. The molecule has 6 heteroatoms. The average Bonchev–Trinajstić information content (AvgIpc) is 2.63. The molecule has 2 aromatic carbocycles. The van der Waals surface area contributed by atoms with Crippen molar-refractivity contribution in [2.45, 2.75) is 31.1 Å². The molecule has 0 bridgehead atoms. The van der Waals surface area contributed by atoms with Gasteiger partial charge in [0.2, 0.25) is 0 Å². The number of hydrogen-bond acceptors (Lipinski definition) is 4. The lowest BCUT2D eigenvalue weighted by molar-refractivity contribution is 0.309. The van der Waals surface area contributed by atoms with E-state index in [0.29, 0.717) is 18.0 Å². The molecular formula is C19H22N2O3S. The zero-order chi connectivity index (χ0) is 18.1. The van der Waals surface area contributed by atoms with Gasteiger partial charge in [0.25, 0.3) is 10.0 Å². The molecule has 0 N–H and O–H groups in total.